The van der Waals surface area contributed by atoms with Crippen molar-refractivity contribution in [2.45, 2.75) is 36.1 Å². The number of anilines is 1. The first-order valence-electron chi connectivity index (χ1n) is 6.63. The number of ether oxygens (including phenoxy) is 1. The summed E-state index contributed by atoms with van der Waals surface area (Å²) < 4.78 is 42.2. The van der Waals surface area contributed by atoms with Crippen LogP contribution >= 0.6 is 0 Å². The molecule has 0 saturated carbocycles. The molecule has 7 nitrogen and oxygen atoms in total. The Kier molecular flexibility index (Phi) is 3.58. The van der Waals surface area contributed by atoms with Crippen LogP contribution < -0.4 is 4.90 Å². The highest BCUT2D eigenvalue weighted by molar-refractivity contribution is 7.90. The van der Waals surface area contributed by atoms with Crippen LogP contribution in [0.25, 0.3) is 0 Å². The van der Waals surface area contributed by atoms with Crippen molar-refractivity contribution in [1.29, 1.82) is 0 Å². The molecule has 2 fully saturated rings. The molecule has 1 aromatic heterocycles. The number of aliphatic hydroxyl groups excluding tert-OH is 1. The fraction of sp³-hybridized carbons (Fsp3) is 0.667. The first-order chi connectivity index (χ1) is 9.86. The van der Waals surface area contributed by atoms with Crippen LogP contribution in [0.15, 0.2) is 11.2 Å². The van der Waals surface area contributed by atoms with Gasteiger partial charge in [-0.1, -0.05) is 0 Å². The fourth-order valence-electron chi connectivity index (χ4n) is 2.94. The Labute approximate surface area is 121 Å². The zero-order valence-corrected chi connectivity index (χ0v) is 12.3. The van der Waals surface area contributed by atoms with Crippen LogP contribution in [-0.4, -0.2) is 61.1 Å². The second-order valence-electron chi connectivity index (χ2n) is 5.47. The summed E-state index contributed by atoms with van der Waals surface area (Å²) >= 11 is 0. The monoisotopic (exact) mass is 317 g/mol. The van der Waals surface area contributed by atoms with Crippen molar-refractivity contribution in [2.24, 2.45) is 0 Å². The number of morpholine rings is 1. The van der Waals surface area contributed by atoms with Crippen molar-refractivity contribution >= 4 is 15.8 Å². The topological polar surface area (TPSA) is 92.6 Å². The number of hydrogen-bond acceptors (Lipinski definition) is 7. The minimum Gasteiger partial charge on any atom is -0.393 e. The van der Waals surface area contributed by atoms with E-state index < -0.39 is 26.8 Å². The first-order valence-corrected chi connectivity index (χ1v) is 8.52. The van der Waals surface area contributed by atoms with Gasteiger partial charge in [0, 0.05) is 6.26 Å². The van der Waals surface area contributed by atoms with E-state index in [0.717, 1.165) is 12.5 Å². The van der Waals surface area contributed by atoms with E-state index in [1.807, 2.05) is 4.90 Å². The summed E-state index contributed by atoms with van der Waals surface area (Å²) in [6.07, 6.45) is 2.35. The van der Waals surface area contributed by atoms with Gasteiger partial charge in [0.25, 0.3) is 0 Å². The summed E-state index contributed by atoms with van der Waals surface area (Å²) in [6.45, 7) is 0.811. The second kappa shape index (κ2) is 5.15. The van der Waals surface area contributed by atoms with E-state index in [9.17, 15) is 17.9 Å². The Hall–Kier alpha value is -1.32. The molecule has 9 heteroatoms. The largest absolute Gasteiger partial charge is 0.393 e. The third-order valence-corrected chi connectivity index (χ3v) is 4.77. The van der Waals surface area contributed by atoms with Crippen LogP contribution in [0, 0.1) is 5.82 Å². The van der Waals surface area contributed by atoms with Crippen LogP contribution in [0.1, 0.15) is 12.8 Å². The minimum atomic E-state index is -3.76. The maximum Gasteiger partial charge on any atom is 0.227 e. The number of rotatable bonds is 2. The molecular weight excluding hydrogens is 301 g/mol. The SMILES string of the molecule is CS(=O)(=O)c1nc(N2C3COCC2CC(O)C3)ncc1F. The van der Waals surface area contributed by atoms with Gasteiger partial charge in [0.05, 0.1) is 37.6 Å². The van der Waals surface area contributed by atoms with Gasteiger partial charge in [-0.2, -0.15) is 4.98 Å². The van der Waals surface area contributed by atoms with Gasteiger partial charge in [-0.3, -0.25) is 0 Å². The number of hydrogen-bond donors (Lipinski definition) is 1. The van der Waals surface area contributed by atoms with Crippen molar-refractivity contribution in [3.05, 3.63) is 12.0 Å². The van der Waals surface area contributed by atoms with Crippen LogP contribution in [0.3, 0.4) is 0 Å². The molecule has 116 valence electrons. The van der Waals surface area contributed by atoms with Crippen LogP contribution in [-0.2, 0) is 14.6 Å². The van der Waals surface area contributed by atoms with Gasteiger partial charge >= 0.3 is 0 Å². The van der Waals surface area contributed by atoms with E-state index in [-0.39, 0.29) is 18.0 Å². The molecule has 0 spiro atoms. The Balaban J connectivity index is 2.01. The fourth-order valence-corrected chi connectivity index (χ4v) is 3.59. The average Bonchev–Trinajstić information content (AvgIpc) is 2.37. The Bertz CT molecular complexity index is 640. The predicted molar refractivity (Wildman–Crippen MR) is 71.2 cm³/mol. The molecule has 0 amide bonds. The predicted octanol–water partition coefficient (Wildman–Crippen LogP) is -0.252. The summed E-state index contributed by atoms with van der Waals surface area (Å²) in [5.41, 5.74) is 0. The maximum atomic E-state index is 13.6. The van der Waals surface area contributed by atoms with E-state index in [1.165, 1.54) is 0 Å². The van der Waals surface area contributed by atoms with Crippen molar-refractivity contribution in [3.63, 3.8) is 0 Å². The summed E-state index contributed by atoms with van der Waals surface area (Å²) in [6, 6.07) is -0.268. The third kappa shape index (κ3) is 2.72. The number of aromatic nitrogens is 2. The van der Waals surface area contributed by atoms with Crippen LogP contribution in [0.5, 0.6) is 0 Å². The highest BCUT2D eigenvalue weighted by atomic mass is 32.2. The quantitative estimate of drug-likeness (QED) is 0.752. The molecule has 0 aromatic carbocycles. The summed E-state index contributed by atoms with van der Waals surface area (Å²) in [4.78, 5) is 9.65. The number of piperidine rings is 1. The number of fused-ring (bicyclic) bond motifs is 2. The Morgan fingerprint density at radius 2 is 2.00 bits per heavy atom. The second-order valence-corrected chi connectivity index (χ2v) is 7.40. The number of halogens is 1. The Morgan fingerprint density at radius 3 is 2.57 bits per heavy atom. The smallest absolute Gasteiger partial charge is 0.227 e. The van der Waals surface area contributed by atoms with Crippen molar-refractivity contribution in [1.82, 2.24) is 9.97 Å². The zero-order chi connectivity index (χ0) is 15.2. The van der Waals surface area contributed by atoms with Gasteiger partial charge in [0.15, 0.2) is 20.7 Å². The normalized spacial score (nSPS) is 29.5. The summed E-state index contributed by atoms with van der Waals surface area (Å²) in [5, 5.41) is 9.23. The summed E-state index contributed by atoms with van der Waals surface area (Å²) in [5.74, 6) is -0.790. The van der Waals surface area contributed by atoms with Crippen LogP contribution in [0.2, 0.25) is 0 Å². The molecule has 2 atom stereocenters. The lowest BCUT2D eigenvalue weighted by Gasteiger charge is -2.47. The standard InChI is InChI=1S/C12H16FN3O4S/c1-21(18,19)11-10(13)4-14-12(15-11)16-7-2-9(17)3-8(16)6-20-5-7/h4,7-9,17H,2-3,5-6H2,1H3. The molecule has 2 aliphatic heterocycles. The molecule has 1 aromatic rings. The lowest BCUT2D eigenvalue weighted by molar-refractivity contribution is 0.000240. The molecule has 3 rings (SSSR count). The van der Waals surface area contributed by atoms with Gasteiger partial charge in [0.2, 0.25) is 5.95 Å². The Morgan fingerprint density at radius 1 is 1.38 bits per heavy atom. The van der Waals surface area contributed by atoms with Crippen molar-refractivity contribution < 1.29 is 22.7 Å². The zero-order valence-electron chi connectivity index (χ0n) is 11.4. The highest BCUT2D eigenvalue weighted by Gasteiger charge is 2.40. The van der Waals surface area contributed by atoms with E-state index >= 15 is 0 Å². The van der Waals surface area contributed by atoms with Gasteiger partial charge in [0.1, 0.15) is 0 Å². The van der Waals surface area contributed by atoms with E-state index in [2.05, 4.69) is 9.97 Å². The molecule has 2 bridgehead atoms. The number of aliphatic hydroxyl groups is 1. The van der Waals surface area contributed by atoms with Crippen LogP contribution in [0.4, 0.5) is 10.3 Å². The molecule has 21 heavy (non-hydrogen) atoms. The molecule has 1 N–H and O–H groups in total. The van der Waals surface area contributed by atoms with Gasteiger partial charge in [-0.15, -0.1) is 0 Å². The molecule has 2 unspecified atom stereocenters. The lowest BCUT2D eigenvalue weighted by atomic mass is 9.92. The molecule has 2 aliphatic rings. The van der Waals surface area contributed by atoms with E-state index in [1.54, 1.807) is 0 Å². The highest BCUT2D eigenvalue weighted by Crippen LogP contribution is 2.31. The summed E-state index contributed by atoms with van der Waals surface area (Å²) in [7, 11) is -3.76. The minimum absolute atomic E-state index is 0.134. The number of sulfone groups is 1. The van der Waals surface area contributed by atoms with Crippen molar-refractivity contribution in [2.75, 3.05) is 24.4 Å². The first kappa shape index (κ1) is 14.6. The molecule has 3 heterocycles. The molecule has 0 radical (unpaired) electrons. The maximum absolute atomic E-state index is 13.6. The van der Waals surface area contributed by atoms with E-state index in [0.29, 0.717) is 26.1 Å². The van der Waals surface area contributed by atoms with E-state index in [4.69, 9.17) is 4.74 Å². The molecule has 2 saturated heterocycles. The van der Waals surface area contributed by atoms with Gasteiger partial charge in [-0.25, -0.2) is 17.8 Å². The van der Waals surface area contributed by atoms with Gasteiger partial charge in [-0.05, 0) is 12.8 Å². The molecular formula is C12H16FN3O4S. The number of nitrogens with zero attached hydrogens (tertiary/aromatic N) is 3. The van der Waals surface area contributed by atoms with Gasteiger partial charge < -0.3 is 14.7 Å². The lowest BCUT2D eigenvalue weighted by Crippen LogP contribution is -2.59. The molecule has 0 aliphatic carbocycles. The third-order valence-electron chi connectivity index (χ3n) is 3.78. The average molecular weight is 317 g/mol. The van der Waals surface area contributed by atoms with Crippen molar-refractivity contribution in [3.8, 4) is 0 Å².